The monoisotopic (exact) mass is 220 g/mol. The first-order valence-corrected chi connectivity index (χ1v) is 5.14. The Morgan fingerprint density at radius 3 is 1.56 bits per heavy atom. The molecule has 2 rings (SSSR count). The van der Waals surface area contributed by atoms with E-state index in [4.69, 9.17) is 10.2 Å². The number of hydrogen-bond acceptors (Lipinski definition) is 2. The van der Waals surface area contributed by atoms with Gasteiger partial charge < -0.3 is 10.2 Å². The number of carboxylic acids is 2. The van der Waals surface area contributed by atoms with Gasteiger partial charge in [-0.25, -0.2) is 0 Å². The Hall–Kier alpha value is -1.84. The first-order valence-electron chi connectivity index (χ1n) is 5.14. The summed E-state index contributed by atoms with van der Waals surface area (Å²) in [5.74, 6) is -1.69. The molecule has 84 valence electrons. The van der Waals surface area contributed by atoms with Crippen LogP contribution in [0.15, 0.2) is 12.1 Å². The highest BCUT2D eigenvalue weighted by Crippen LogP contribution is 2.30. The number of aliphatic carboxylic acids is 2. The number of hydrogen-bond donors (Lipinski definition) is 2. The largest absolute Gasteiger partial charge is 0.481 e. The third-order valence-corrected chi connectivity index (χ3v) is 2.93. The van der Waals surface area contributed by atoms with Crippen LogP contribution in [0.4, 0.5) is 0 Å². The van der Waals surface area contributed by atoms with Gasteiger partial charge in [0.2, 0.25) is 0 Å². The van der Waals surface area contributed by atoms with Crippen LogP contribution in [0.2, 0.25) is 0 Å². The third kappa shape index (κ3) is 1.91. The Morgan fingerprint density at radius 1 is 0.938 bits per heavy atom. The summed E-state index contributed by atoms with van der Waals surface area (Å²) in [4.78, 5) is 21.2. The summed E-state index contributed by atoms with van der Waals surface area (Å²) < 4.78 is 0. The van der Waals surface area contributed by atoms with Gasteiger partial charge >= 0.3 is 11.9 Å². The molecule has 4 heteroatoms. The molecule has 4 nitrogen and oxygen atoms in total. The molecule has 1 aliphatic carbocycles. The lowest BCUT2D eigenvalue weighted by atomic mass is 9.80. The molecule has 0 heterocycles. The highest BCUT2D eigenvalue weighted by atomic mass is 16.4. The topological polar surface area (TPSA) is 74.6 Å². The van der Waals surface area contributed by atoms with Gasteiger partial charge in [-0.1, -0.05) is 12.1 Å². The van der Waals surface area contributed by atoms with Gasteiger partial charge in [0.25, 0.3) is 0 Å². The molecule has 0 bridgehead atoms. The molecule has 0 saturated carbocycles. The highest BCUT2D eigenvalue weighted by molar-refractivity contribution is 5.74. The van der Waals surface area contributed by atoms with Gasteiger partial charge in [-0.2, -0.15) is 0 Å². The molecule has 0 fully saturated rings. The average molecular weight is 220 g/mol. The molecule has 16 heavy (non-hydrogen) atoms. The van der Waals surface area contributed by atoms with Gasteiger partial charge in [-0.3, -0.25) is 9.59 Å². The second kappa shape index (κ2) is 3.96. The molecule has 0 atom stereocenters. The number of carboxylic acid groups (broad SMARTS) is 2. The van der Waals surface area contributed by atoms with Gasteiger partial charge in [-0.05, 0) is 35.1 Å². The highest BCUT2D eigenvalue weighted by Gasteiger charge is 2.22. The molecule has 1 aromatic carbocycles. The van der Waals surface area contributed by atoms with Crippen molar-refractivity contribution in [1.82, 2.24) is 0 Å². The minimum Gasteiger partial charge on any atom is -0.481 e. The molecule has 0 aliphatic heterocycles. The van der Waals surface area contributed by atoms with Crippen molar-refractivity contribution < 1.29 is 19.8 Å². The van der Waals surface area contributed by atoms with E-state index in [9.17, 15) is 9.59 Å². The summed E-state index contributed by atoms with van der Waals surface area (Å²) in [7, 11) is 0. The molecule has 0 unspecified atom stereocenters. The van der Waals surface area contributed by atoms with E-state index in [1.165, 1.54) is 0 Å². The van der Waals surface area contributed by atoms with Gasteiger partial charge in [0.15, 0.2) is 0 Å². The average Bonchev–Trinajstić information content (AvgIpc) is 2.07. The molecular formula is C12H12O4. The second-order valence-electron chi connectivity index (χ2n) is 3.98. The minimum atomic E-state index is -0.847. The quantitative estimate of drug-likeness (QED) is 0.795. The lowest BCUT2D eigenvalue weighted by molar-refractivity contribution is -0.137. The first-order chi connectivity index (χ1) is 7.58. The Labute approximate surface area is 92.5 Å². The lowest BCUT2D eigenvalue weighted by Crippen LogP contribution is -2.18. The maximum atomic E-state index is 10.6. The van der Waals surface area contributed by atoms with Crippen molar-refractivity contribution in [3.63, 3.8) is 0 Å². The van der Waals surface area contributed by atoms with Gasteiger partial charge in [-0.15, -0.1) is 0 Å². The Bertz CT molecular complexity index is 419. The van der Waals surface area contributed by atoms with Crippen molar-refractivity contribution in [3.8, 4) is 0 Å². The second-order valence-corrected chi connectivity index (χ2v) is 3.98. The minimum absolute atomic E-state index is 0.0235. The molecule has 2 N–H and O–H groups in total. The van der Waals surface area contributed by atoms with Crippen molar-refractivity contribution in [3.05, 3.63) is 34.4 Å². The van der Waals surface area contributed by atoms with Crippen LogP contribution in [-0.2, 0) is 35.3 Å². The van der Waals surface area contributed by atoms with Crippen LogP contribution in [0, 0.1) is 0 Å². The fourth-order valence-electron chi connectivity index (χ4n) is 2.14. The van der Waals surface area contributed by atoms with E-state index in [0.29, 0.717) is 0 Å². The molecule has 0 spiro atoms. The predicted octanol–water partition coefficient (Wildman–Crippen LogP) is 1.04. The number of carbonyl (C=O) groups is 2. The van der Waals surface area contributed by atoms with Crippen molar-refractivity contribution in [1.29, 1.82) is 0 Å². The number of benzene rings is 1. The van der Waals surface area contributed by atoms with Crippen molar-refractivity contribution >= 4 is 11.9 Å². The molecule has 1 aliphatic rings. The summed E-state index contributed by atoms with van der Waals surface area (Å²) in [5.41, 5.74) is 3.73. The van der Waals surface area contributed by atoms with Gasteiger partial charge in [0.05, 0.1) is 12.8 Å². The zero-order chi connectivity index (χ0) is 11.7. The van der Waals surface area contributed by atoms with Crippen LogP contribution in [-0.4, -0.2) is 22.2 Å². The van der Waals surface area contributed by atoms with Crippen LogP contribution < -0.4 is 0 Å². The van der Waals surface area contributed by atoms with E-state index in [0.717, 1.165) is 35.1 Å². The van der Waals surface area contributed by atoms with E-state index in [1.54, 1.807) is 12.1 Å². The van der Waals surface area contributed by atoms with Gasteiger partial charge in [0, 0.05) is 0 Å². The Balaban J connectivity index is 2.30. The lowest BCUT2D eigenvalue weighted by Gasteiger charge is -2.25. The summed E-state index contributed by atoms with van der Waals surface area (Å²) >= 11 is 0. The molecule has 0 aromatic heterocycles. The summed E-state index contributed by atoms with van der Waals surface area (Å²) in [6.07, 6.45) is 1.78. The van der Waals surface area contributed by atoms with Crippen LogP contribution in [0.3, 0.4) is 0 Å². The zero-order valence-electron chi connectivity index (χ0n) is 8.69. The van der Waals surface area contributed by atoms with Crippen molar-refractivity contribution in [2.24, 2.45) is 0 Å². The van der Waals surface area contributed by atoms with Crippen LogP contribution in [0.1, 0.15) is 22.3 Å². The molecular weight excluding hydrogens is 208 g/mol. The summed E-state index contributed by atoms with van der Waals surface area (Å²) in [6.45, 7) is 0. The van der Waals surface area contributed by atoms with E-state index >= 15 is 0 Å². The Kier molecular flexibility index (Phi) is 2.64. The van der Waals surface area contributed by atoms with Gasteiger partial charge in [0.1, 0.15) is 0 Å². The SMILES string of the molecule is O=C(O)Cc1ccc(CC(=O)O)c2c1CC2. The van der Waals surface area contributed by atoms with E-state index in [1.807, 2.05) is 0 Å². The molecule has 0 radical (unpaired) electrons. The van der Waals surface area contributed by atoms with Crippen molar-refractivity contribution in [2.75, 3.05) is 0 Å². The zero-order valence-corrected chi connectivity index (χ0v) is 8.69. The standard InChI is InChI=1S/C12H12O4/c13-11(14)5-7-1-2-8(6-12(15)16)10-4-3-9(7)10/h1-2H,3-6H2,(H,13,14)(H,15,16). The van der Waals surface area contributed by atoms with Crippen LogP contribution >= 0.6 is 0 Å². The molecule has 1 aromatic rings. The van der Waals surface area contributed by atoms with Crippen LogP contribution in [0.5, 0.6) is 0 Å². The van der Waals surface area contributed by atoms with E-state index in [2.05, 4.69) is 0 Å². The number of fused-ring (bicyclic) bond motifs is 1. The fourth-order valence-corrected chi connectivity index (χ4v) is 2.14. The molecule has 0 saturated heterocycles. The predicted molar refractivity (Wildman–Crippen MR) is 56.5 cm³/mol. The summed E-state index contributed by atoms with van der Waals surface area (Å²) in [5, 5.41) is 17.5. The van der Waals surface area contributed by atoms with E-state index in [-0.39, 0.29) is 12.8 Å². The maximum Gasteiger partial charge on any atom is 0.307 e. The third-order valence-electron chi connectivity index (χ3n) is 2.93. The number of rotatable bonds is 4. The normalized spacial score (nSPS) is 12.8. The smallest absolute Gasteiger partial charge is 0.307 e. The fraction of sp³-hybridized carbons (Fsp3) is 0.333. The maximum absolute atomic E-state index is 10.6. The summed E-state index contributed by atoms with van der Waals surface area (Å²) in [6, 6.07) is 3.48. The van der Waals surface area contributed by atoms with Crippen LogP contribution in [0.25, 0.3) is 0 Å². The van der Waals surface area contributed by atoms with Crippen molar-refractivity contribution in [2.45, 2.75) is 25.7 Å². The first kappa shape index (κ1) is 10.7. The Morgan fingerprint density at radius 2 is 1.31 bits per heavy atom. The van der Waals surface area contributed by atoms with E-state index < -0.39 is 11.9 Å². The molecule has 0 amide bonds.